The van der Waals surface area contributed by atoms with Gasteiger partial charge in [0.15, 0.2) is 0 Å². The molecule has 5 heteroatoms. The van der Waals surface area contributed by atoms with E-state index in [0.717, 1.165) is 25.2 Å². The van der Waals surface area contributed by atoms with Crippen molar-refractivity contribution >= 4 is 11.6 Å². The minimum Gasteiger partial charge on any atom is -0.322 e. The molecule has 104 valence electrons. The Kier molecular flexibility index (Phi) is 5.20. The largest absolute Gasteiger partial charge is 0.322 e. The lowest BCUT2D eigenvalue weighted by Gasteiger charge is -2.07. The normalized spacial score (nSPS) is 10.2. The lowest BCUT2D eigenvalue weighted by atomic mass is 10.2. The first-order valence-electron chi connectivity index (χ1n) is 6.67. The average molecular weight is 270 g/mol. The zero-order chi connectivity index (χ0) is 14.2. The highest BCUT2D eigenvalue weighted by Gasteiger charge is 2.05. The van der Waals surface area contributed by atoms with E-state index in [4.69, 9.17) is 0 Å². The Morgan fingerprint density at radius 3 is 2.60 bits per heavy atom. The highest BCUT2D eigenvalue weighted by molar-refractivity contribution is 6.03. The third kappa shape index (κ3) is 4.13. The predicted molar refractivity (Wildman–Crippen MR) is 78.4 cm³/mol. The second-order valence-corrected chi connectivity index (χ2v) is 4.46. The summed E-state index contributed by atoms with van der Waals surface area (Å²) in [7, 11) is 0. The van der Waals surface area contributed by atoms with Gasteiger partial charge >= 0.3 is 0 Å². The number of benzene rings is 1. The predicted octanol–water partition coefficient (Wildman–Crippen LogP) is 2.23. The van der Waals surface area contributed by atoms with E-state index in [1.54, 1.807) is 6.07 Å². The summed E-state index contributed by atoms with van der Waals surface area (Å²) in [5.41, 5.74) is 2.46. The van der Waals surface area contributed by atoms with Gasteiger partial charge in [0, 0.05) is 12.2 Å². The molecule has 20 heavy (non-hydrogen) atoms. The third-order valence-corrected chi connectivity index (χ3v) is 2.81. The van der Waals surface area contributed by atoms with Crippen molar-refractivity contribution in [2.75, 3.05) is 11.9 Å². The minimum atomic E-state index is -0.184. The number of amides is 1. The van der Waals surface area contributed by atoms with E-state index in [1.165, 1.54) is 18.0 Å². The molecule has 0 saturated carbocycles. The monoisotopic (exact) mass is 270 g/mol. The maximum Gasteiger partial charge on any atom is 0.257 e. The van der Waals surface area contributed by atoms with Crippen molar-refractivity contribution in [2.24, 2.45) is 0 Å². The molecule has 2 aromatic rings. The molecule has 5 nitrogen and oxygen atoms in total. The molecule has 1 aromatic heterocycles. The van der Waals surface area contributed by atoms with Crippen molar-refractivity contribution < 1.29 is 4.79 Å². The first-order valence-corrected chi connectivity index (χ1v) is 6.67. The van der Waals surface area contributed by atoms with Crippen LogP contribution in [-0.4, -0.2) is 22.6 Å². The third-order valence-electron chi connectivity index (χ3n) is 2.81. The van der Waals surface area contributed by atoms with Gasteiger partial charge in [-0.2, -0.15) is 10.2 Å². The van der Waals surface area contributed by atoms with E-state index < -0.39 is 0 Å². The van der Waals surface area contributed by atoms with Gasteiger partial charge in [-0.15, -0.1) is 0 Å². The number of anilines is 1. The van der Waals surface area contributed by atoms with Gasteiger partial charge in [-0.3, -0.25) is 4.79 Å². The molecular formula is C15H18N4O. The van der Waals surface area contributed by atoms with Gasteiger partial charge in [-0.05, 0) is 36.7 Å². The summed E-state index contributed by atoms with van der Waals surface area (Å²) >= 11 is 0. The summed E-state index contributed by atoms with van der Waals surface area (Å²) in [6.45, 7) is 3.99. The Balaban J connectivity index is 1.92. The lowest BCUT2D eigenvalue weighted by Crippen LogP contribution is -2.14. The first-order chi connectivity index (χ1) is 9.79. The molecule has 0 aliphatic rings. The van der Waals surface area contributed by atoms with E-state index in [9.17, 15) is 4.79 Å². The van der Waals surface area contributed by atoms with Gasteiger partial charge in [0.25, 0.3) is 5.91 Å². The van der Waals surface area contributed by atoms with Gasteiger partial charge in [0.2, 0.25) is 0 Å². The zero-order valence-corrected chi connectivity index (χ0v) is 11.5. The van der Waals surface area contributed by atoms with Crippen molar-refractivity contribution in [3.05, 3.63) is 53.9 Å². The first kappa shape index (κ1) is 14.1. The molecule has 1 aromatic carbocycles. The van der Waals surface area contributed by atoms with Gasteiger partial charge in [-0.1, -0.05) is 19.1 Å². The van der Waals surface area contributed by atoms with E-state index in [2.05, 4.69) is 27.8 Å². The van der Waals surface area contributed by atoms with Crippen LogP contribution < -0.4 is 10.6 Å². The smallest absolute Gasteiger partial charge is 0.257 e. The molecule has 0 radical (unpaired) electrons. The molecule has 0 aliphatic carbocycles. The van der Waals surface area contributed by atoms with Crippen LogP contribution in [0.2, 0.25) is 0 Å². The SMILES string of the molecule is CCCNCc1ccc(NC(=O)c2ccnnc2)cc1. The summed E-state index contributed by atoms with van der Waals surface area (Å²) in [5, 5.41) is 13.5. The number of aromatic nitrogens is 2. The van der Waals surface area contributed by atoms with E-state index in [-0.39, 0.29) is 5.91 Å². The fraction of sp³-hybridized carbons (Fsp3) is 0.267. The van der Waals surface area contributed by atoms with Crippen LogP contribution in [0.3, 0.4) is 0 Å². The molecule has 0 bridgehead atoms. The van der Waals surface area contributed by atoms with Gasteiger partial charge < -0.3 is 10.6 Å². The molecule has 1 amide bonds. The number of nitrogens with zero attached hydrogens (tertiary/aromatic N) is 2. The maximum absolute atomic E-state index is 11.9. The molecule has 0 atom stereocenters. The van der Waals surface area contributed by atoms with Crippen LogP contribution in [0.25, 0.3) is 0 Å². The quantitative estimate of drug-likeness (QED) is 0.790. The number of carbonyl (C=O) groups excluding carboxylic acids is 1. The number of carbonyl (C=O) groups is 1. The molecular weight excluding hydrogens is 252 g/mol. The summed E-state index contributed by atoms with van der Waals surface area (Å²) < 4.78 is 0. The topological polar surface area (TPSA) is 66.9 Å². The maximum atomic E-state index is 11.9. The van der Waals surface area contributed by atoms with E-state index in [1.807, 2.05) is 24.3 Å². The van der Waals surface area contributed by atoms with Crippen LogP contribution in [0.15, 0.2) is 42.7 Å². The summed E-state index contributed by atoms with van der Waals surface area (Å²) in [6, 6.07) is 9.43. The number of nitrogens with one attached hydrogen (secondary N) is 2. The van der Waals surface area contributed by atoms with Gasteiger partial charge in [0.1, 0.15) is 0 Å². The van der Waals surface area contributed by atoms with Crippen LogP contribution in [0, 0.1) is 0 Å². The number of hydrogen-bond acceptors (Lipinski definition) is 4. The van der Waals surface area contributed by atoms with Crippen LogP contribution in [0.5, 0.6) is 0 Å². The Morgan fingerprint density at radius 2 is 1.95 bits per heavy atom. The molecule has 1 heterocycles. The fourth-order valence-electron chi connectivity index (χ4n) is 1.74. The molecule has 0 unspecified atom stereocenters. The van der Waals surface area contributed by atoms with Crippen molar-refractivity contribution in [3.8, 4) is 0 Å². The average Bonchev–Trinajstić information content (AvgIpc) is 2.50. The van der Waals surface area contributed by atoms with Crippen LogP contribution in [0.1, 0.15) is 29.3 Å². The molecule has 2 N–H and O–H groups in total. The Labute approximate surface area is 118 Å². The molecule has 2 rings (SSSR count). The van der Waals surface area contributed by atoms with Gasteiger partial charge in [-0.25, -0.2) is 0 Å². The Morgan fingerprint density at radius 1 is 1.15 bits per heavy atom. The number of rotatable bonds is 6. The number of hydrogen-bond donors (Lipinski definition) is 2. The van der Waals surface area contributed by atoms with Crippen LogP contribution in [-0.2, 0) is 6.54 Å². The summed E-state index contributed by atoms with van der Waals surface area (Å²) in [6.07, 6.45) is 4.06. The minimum absolute atomic E-state index is 0.184. The molecule has 0 saturated heterocycles. The van der Waals surface area contributed by atoms with Crippen molar-refractivity contribution in [3.63, 3.8) is 0 Å². The summed E-state index contributed by atoms with van der Waals surface area (Å²) in [5.74, 6) is -0.184. The highest BCUT2D eigenvalue weighted by Crippen LogP contribution is 2.11. The fourth-order valence-corrected chi connectivity index (χ4v) is 1.74. The van der Waals surface area contributed by atoms with Crippen LogP contribution in [0.4, 0.5) is 5.69 Å². The van der Waals surface area contributed by atoms with Crippen molar-refractivity contribution in [2.45, 2.75) is 19.9 Å². The zero-order valence-electron chi connectivity index (χ0n) is 11.5. The Hall–Kier alpha value is -2.27. The lowest BCUT2D eigenvalue weighted by molar-refractivity contribution is 0.102. The summed E-state index contributed by atoms with van der Waals surface area (Å²) in [4.78, 5) is 11.9. The Bertz CT molecular complexity index is 540. The van der Waals surface area contributed by atoms with E-state index in [0.29, 0.717) is 5.56 Å². The molecule has 0 spiro atoms. The van der Waals surface area contributed by atoms with E-state index >= 15 is 0 Å². The second kappa shape index (κ2) is 7.35. The molecule has 0 fully saturated rings. The van der Waals surface area contributed by atoms with Crippen molar-refractivity contribution in [1.29, 1.82) is 0 Å². The van der Waals surface area contributed by atoms with Gasteiger partial charge in [0.05, 0.1) is 18.0 Å². The van der Waals surface area contributed by atoms with Crippen LogP contribution >= 0.6 is 0 Å². The second-order valence-electron chi connectivity index (χ2n) is 4.46. The molecule has 0 aliphatic heterocycles. The standard InChI is InChI=1S/C15H18N4O/c1-2-8-16-10-12-3-5-14(6-4-12)19-15(20)13-7-9-17-18-11-13/h3-7,9,11,16H,2,8,10H2,1H3,(H,19,20). The van der Waals surface area contributed by atoms with Crippen molar-refractivity contribution in [1.82, 2.24) is 15.5 Å². The highest BCUT2D eigenvalue weighted by atomic mass is 16.1.